The molecule has 0 unspecified atom stereocenters. The normalized spacial score (nSPS) is 11.6. The van der Waals surface area contributed by atoms with Crippen LogP contribution in [-0.2, 0) is 18.3 Å². The van der Waals surface area contributed by atoms with Gasteiger partial charge in [0.25, 0.3) is 5.56 Å². The molecule has 4 rings (SSSR count). The minimum absolute atomic E-state index is 0.0599. The number of rotatable bonds is 6. The molecule has 170 valence electrons. The second-order valence-electron chi connectivity index (χ2n) is 6.98. The van der Waals surface area contributed by atoms with Crippen molar-refractivity contribution in [3.63, 3.8) is 0 Å². The highest BCUT2D eigenvalue weighted by Crippen LogP contribution is 2.31. The highest BCUT2D eigenvalue weighted by molar-refractivity contribution is 7.98. The highest BCUT2D eigenvalue weighted by atomic mass is 32.2. The van der Waals surface area contributed by atoms with Crippen LogP contribution in [0.4, 0.5) is 17.6 Å². The van der Waals surface area contributed by atoms with E-state index in [1.807, 2.05) is 0 Å². The molecule has 12 heteroatoms. The standard InChI is InChI=1S/C21H15F4N5O2S/c22-14-5-7-16(8-6-14)30-17(9-15-10-18(31)27-19(32)26-15)28-29-20(30)33-11-12-1-3-13(4-2-12)21(23,24)25/h1-8,10H,9,11H2,(H2,26,27,31,32). The SMILES string of the molecule is O=c1cc(Cc2nnc(SCc3ccc(C(F)(F)F)cc3)n2-c2ccc(F)cc2)[nH]c(=O)[nH]1. The van der Waals surface area contributed by atoms with Crippen molar-refractivity contribution < 1.29 is 17.6 Å². The summed E-state index contributed by atoms with van der Waals surface area (Å²) in [6, 6.07) is 11.6. The number of aromatic amines is 2. The van der Waals surface area contributed by atoms with Gasteiger partial charge in [0.2, 0.25) is 0 Å². The summed E-state index contributed by atoms with van der Waals surface area (Å²) in [5, 5.41) is 8.70. The van der Waals surface area contributed by atoms with E-state index >= 15 is 0 Å². The summed E-state index contributed by atoms with van der Waals surface area (Å²) in [5.74, 6) is 0.239. The molecular weight excluding hydrogens is 462 g/mol. The average Bonchev–Trinajstić information content (AvgIpc) is 3.14. The molecule has 0 spiro atoms. The van der Waals surface area contributed by atoms with Crippen LogP contribution in [0.2, 0.25) is 0 Å². The van der Waals surface area contributed by atoms with Crippen molar-refractivity contribution in [3.8, 4) is 5.69 Å². The van der Waals surface area contributed by atoms with Crippen molar-refractivity contribution in [2.75, 3.05) is 0 Å². The van der Waals surface area contributed by atoms with Crippen LogP contribution in [0.1, 0.15) is 22.6 Å². The van der Waals surface area contributed by atoms with E-state index in [2.05, 4.69) is 20.2 Å². The molecule has 0 aliphatic rings. The molecule has 0 radical (unpaired) electrons. The first-order chi connectivity index (χ1) is 15.7. The molecule has 0 saturated carbocycles. The molecule has 0 saturated heterocycles. The van der Waals surface area contributed by atoms with E-state index in [1.165, 1.54) is 54.2 Å². The Balaban J connectivity index is 1.64. The van der Waals surface area contributed by atoms with Gasteiger partial charge < -0.3 is 4.98 Å². The number of hydrogen-bond donors (Lipinski definition) is 2. The maximum absolute atomic E-state index is 13.4. The first-order valence-electron chi connectivity index (χ1n) is 9.51. The summed E-state index contributed by atoms with van der Waals surface area (Å²) in [4.78, 5) is 27.8. The summed E-state index contributed by atoms with van der Waals surface area (Å²) < 4.78 is 53.4. The molecular formula is C21H15F4N5O2S. The number of aromatic nitrogens is 5. The number of alkyl halides is 3. The fourth-order valence-electron chi connectivity index (χ4n) is 3.08. The molecule has 2 heterocycles. The van der Waals surface area contributed by atoms with E-state index < -0.39 is 28.8 Å². The van der Waals surface area contributed by atoms with Gasteiger partial charge in [0, 0.05) is 29.6 Å². The third-order valence-electron chi connectivity index (χ3n) is 4.60. The summed E-state index contributed by atoms with van der Waals surface area (Å²) in [6.07, 6.45) is -4.35. The zero-order valence-corrected chi connectivity index (χ0v) is 17.5. The largest absolute Gasteiger partial charge is 0.416 e. The highest BCUT2D eigenvalue weighted by Gasteiger charge is 2.30. The van der Waals surface area contributed by atoms with Crippen molar-refractivity contribution in [1.29, 1.82) is 0 Å². The monoisotopic (exact) mass is 477 g/mol. The first-order valence-corrected chi connectivity index (χ1v) is 10.5. The van der Waals surface area contributed by atoms with Crippen LogP contribution in [0.3, 0.4) is 0 Å². The Kier molecular flexibility index (Phi) is 6.18. The number of nitrogens with zero attached hydrogens (tertiary/aromatic N) is 3. The van der Waals surface area contributed by atoms with Gasteiger partial charge in [0.1, 0.15) is 11.6 Å². The van der Waals surface area contributed by atoms with Gasteiger partial charge in [-0.1, -0.05) is 23.9 Å². The lowest BCUT2D eigenvalue weighted by Gasteiger charge is -2.11. The molecule has 7 nitrogen and oxygen atoms in total. The average molecular weight is 477 g/mol. The first kappa shape index (κ1) is 22.5. The van der Waals surface area contributed by atoms with Crippen molar-refractivity contribution in [2.45, 2.75) is 23.5 Å². The zero-order valence-electron chi connectivity index (χ0n) is 16.7. The molecule has 33 heavy (non-hydrogen) atoms. The van der Waals surface area contributed by atoms with Gasteiger partial charge in [0.05, 0.1) is 5.56 Å². The maximum Gasteiger partial charge on any atom is 0.416 e. The predicted molar refractivity (Wildman–Crippen MR) is 113 cm³/mol. The Morgan fingerprint density at radius 2 is 1.64 bits per heavy atom. The molecule has 0 amide bonds. The summed E-state index contributed by atoms with van der Waals surface area (Å²) in [6.45, 7) is 0. The van der Waals surface area contributed by atoms with E-state index in [-0.39, 0.29) is 6.42 Å². The Hall–Kier alpha value is -3.67. The van der Waals surface area contributed by atoms with Gasteiger partial charge in [-0.3, -0.25) is 14.3 Å². The Morgan fingerprint density at radius 1 is 0.939 bits per heavy atom. The van der Waals surface area contributed by atoms with Crippen LogP contribution in [-0.4, -0.2) is 24.7 Å². The zero-order chi connectivity index (χ0) is 23.6. The van der Waals surface area contributed by atoms with Crippen LogP contribution in [0, 0.1) is 5.82 Å². The summed E-state index contributed by atoms with van der Waals surface area (Å²) in [7, 11) is 0. The number of H-pyrrole nitrogens is 2. The number of halogens is 4. The summed E-state index contributed by atoms with van der Waals surface area (Å²) >= 11 is 1.22. The van der Waals surface area contributed by atoms with Crippen LogP contribution in [0.25, 0.3) is 5.69 Å². The minimum Gasteiger partial charge on any atom is -0.311 e. The Bertz CT molecular complexity index is 1350. The molecule has 0 atom stereocenters. The second-order valence-corrected chi connectivity index (χ2v) is 7.93. The van der Waals surface area contributed by atoms with E-state index in [1.54, 1.807) is 4.57 Å². The lowest BCUT2D eigenvalue weighted by molar-refractivity contribution is -0.137. The number of hydrogen-bond acceptors (Lipinski definition) is 5. The lowest BCUT2D eigenvalue weighted by atomic mass is 10.1. The van der Waals surface area contributed by atoms with Gasteiger partial charge in [-0.2, -0.15) is 13.2 Å². The Labute approximate surface area is 187 Å². The van der Waals surface area contributed by atoms with E-state index in [0.29, 0.717) is 33.7 Å². The Morgan fingerprint density at radius 3 is 2.27 bits per heavy atom. The molecule has 4 aromatic rings. The van der Waals surface area contributed by atoms with Gasteiger partial charge >= 0.3 is 11.9 Å². The predicted octanol–water partition coefficient (Wildman–Crippen LogP) is 3.68. The van der Waals surface area contributed by atoms with Gasteiger partial charge in [-0.15, -0.1) is 10.2 Å². The fourth-order valence-corrected chi connectivity index (χ4v) is 4.01. The van der Waals surface area contributed by atoms with Gasteiger partial charge in [-0.05, 0) is 42.0 Å². The van der Waals surface area contributed by atoms with E-state index in [4.69, 9.17) is 0 Å². The number of benzene rings is 2. The number of nitrogens with one attached hydrogen (secondary N) is 2. The third-order valence-corrected chi connectivity index (χ3v) is 5.60. The van der Waals surface area contributed by atoms with Crippen LogP contribution < -0.4 is 11.2 Å². The van der Waals surface area contributed by atoms with Crippen LogP contribution >= 0.6 is 11.8 Å². The van der Waals surface area contributed by atoms with Crippen LogP contribution in [0.15, 0.2) is 69.3 Å². The molecule has 2 aromatic carbocycles. The van der Waals surface area contributed by atoms with Crippen LogP contribution in [0.5, 0.6) is 0 Å². The quantitative estimate of drug-likeness (QED) is 0.326. The third kappa shape index (κ3) is 5.40. The number of thioether (sulfide) groups is 1. The van der Waals surface area contributed by atoms with Gasteiger partial charge in [-0.25, -0.2) is 9.18 Å². The molecule has 0 fully saturated rings. The maximum atomic E-state index is 13.4. The lowest BCUT2D eigenvalue weighted by Crippen LogP contribution is -2.23. The van der Waals surface area contributed by atoms with Crippen molar-refractivity contribution in [2.24, 2.45) is 0 Å². The second kappa shape index (κ2) is 9.06. The molecule has 2 N–H and O–H groups in total. The fraction of sp³-hybridized carbons (Fsp3) is 0.143. The molecule has 0 bridgehead atoms. The smallest absolute Gasteiger partial charge is 0.311 e. The molecule has 0 aliphatic carbocycles. The van der Waals surface area contributed by atoms with Gasteiger partial charge in [0.15, 0.2) is 5.16 Å². The molecule has 0 aliphatic heterocycles. The van der Waals surface area contributed by atoms with Crippen molar-refractivity contribution >= 4 is 11.8 Å². The van der Waals surface area contributed by atoms with Crippen molar-refractivity contribution in [3.05, 3.63) is 104 Å². The van der Waals surface area contributed by atoms with E-state index in [0.717, 1.165) is 12.1 Å². The minimum atomic E-state index is -4.41. The summed E-state index contributed by atoms with van der Waals surface area (Å²) in [5.41, 5.74) is -0.486. The van der Waals surface area contributed by atoms with Crippen molar-refractivity contribution in [1.82, 2.24) is 24.7 Å². The molecule has 2 aromatic heterocycles. The van der Waals surface area contributed by atoms with E-state index in [9.17, 15) is 27.2 Å². The topological polar surface area (TPSA) is 96.4 Å².